The highest BCUT2D eigenvalue weighted by atomic mass is 32.1. The minimum Gasteiger partial charge on any atom is -0.511 e. The number of Topliss-reactive ketones (excluding diaryl/α,β-unsaturated/α-hetero) is 1. The molecule has 0 saturated heterocycles. The number of nitrogens with zero attached hydrogens (tertiary/aromatic N) is 1. The van der Waals surface area contributed by atoms with E-state index in [4.69, 9.17) is 4.99 Å². The van der Waals surface area contributed by atoms with Gasteiger partial charge in [0.05, 0.1) is 11.6 Å². The number of thiophene rings is 1. The molecule has 0 bridgehead atoms. The summed E-state index contributed by atoms with van der Waals surface area (Å²) < 4.78 is 0. The lowest BCUT2D eigenvalue weighted by atomic mass is 9.85. The van der Waals surface area contributed by atoms with Crippen LogP contribution in [0.4, 0.5) is 0 Å². The highest BCUT2D eigenvalue weighted by molar-refractivity contribution is 7.10. The van der Waals surface area contributed by atoms with Crippen LogP contribution < -0.4 is 5.32 Å². The Morgan fingerprint density at radius 3 is 2.86 bits per heavy atom. The molecule has 5 heteroatoms. The van der Waals surface area contributed by atoms with Gasteiger partial charge in [0.2, 0.25) is 0 Å². The van der Waals surface area contributed by atoms with E-state index in [-0.39, 0.29) is 23.5 Å². The number of amidine groups is 1. The van der Waals surface area contributed by atoms with Crippen molar-refractivity contribution in [3.63, 3.8) is 0 Å². The summed E-state index contributed by atoms with van der Waals surface area (Å²) in [7, 11) is 0. The molecule has 1 aromatic heterocycles. The molecule has 1 unspecified atom stereocenters. The zero-order valence-corrected chi connectivity index (χ0v) is 13.2. The summed E-state index contributed by atoms with van der Waals surface area (Å²) >= 11 is 1.65. The summed E-state index contributed by atoms with van der Waals surface area (Å²) in [5.41, 5.74) is 0.446. The number of hydrogen-bond donors (Lipinski definition) is 2. The van der Waals surface area contributed by atoms with Crippen molar-refractivity contribution in [1.29, 1.82) is 0 Å². The first-order chi connectivity index (χ1) is 10.7. The van der Waals surface area contributed by atoms with Crippen LogP contribution in [0.25, 0.3) is 0 Å². The van der Waals surface area contributed by atoms with Crippen LogP contribution in [0.5, 0.6) is 0 Å². The topological polar surface area (TPSA) is 61.7 Å². The molecule has 1 aromatic rings. The van der Waals surface area contributed by atoms with Gasteiger partial charge in [0, 0.05) is 29.7 Å². The Hall–Kier alpha value is -1.62. The highest BCUT2D eigenvalue weighted by Gasteiger charge is 2.37. The van der Waals surface area contributed by atoms with Gasteiger partial charge >= 0.3 is 0 Å². The van der Waals surface area contributed by atoms with Crippen molar-refractivity contribution in [3.8, 4) is 0 Å². The third-order valence-corrected chi connectivity index (χ3v) is 6.00. The van der Waals surface area contributed by atoms with E-state index in [2.05, 4.69) is 5.32 Å². The molecule has 0 aromatic carbocycles. The Morgan fingerprint density at radius 1 is 1.27 bits per heavy atom. The second kappa shape index (κ2) is 5.54. The number of aliphatic imine (C=N–C) groups is 1. The fourth-order valence-electron chi connectivity index (χ4n) is 3.84. The van der Waals surface area contributed by atoms with Crippen molar-refractivity contribution < 1.29 is 9.90 Å². The van der Waals surface area contributed by atoms with Crippen LogP contribution in [0.3, 0.4) is 0 Å². The number of nitrogens with one attached hydrogen (secondary N) is 1. The van der Waals surface area contributed by atoms with Gasteiger partial charge in [-0.15, -0.1) is 11.3 Å². The van der Waals surface area contributed by atoms with E-state index in [0.717, 1.165) is 12.8 Å². The predicted octanol–water partition coefficient (Wildman–Crippen LogP) is 3.32. The van der Waals surface area contributed by atoms with Crippen LogP contribution in [0.15, 0.2) is 33.8 Å². The summed E-state index contributed by atoms with van der Waals surface area (Å²) in [5.74, 6) is 0.983. The molecule has 0 spiro atoms. The molecule has 3 atom stereocenters. The van der Waals surface area contributed by atoms with Crippen molar-refractivity contribution in [2.24, 2.45) is 4.99 Å². The molecular formula is C17H20N2O2S. The fourth-order valence-corrected chi connectivity index (χ4v) is 4.67. The SMILES string of the molecule is O=C1CC(c2cccs2)CC(O)=C1C1=N[C@@H]2CCCC[C@H]2N1. The van der Waals surface area contributed by atoms with Crippen LogP contribution in [-0.2, 0) is 4.79 Å². The maximum absolute atomic E-state index is 12.6. The molecule has 4 nitrogen and oxygen atoms in total. The average molecular weight is 316 g/mol. The van der Waals surface area contributed by atoms with Gasteiger partial charge in [-0.3, -0.25) is 9.79 Å². The molecule has 1 saturated carbocycles. The standard InChI is InChI=1S/C17H20N2O2S/c20-13-8-10(15-6-3-7-22-15)9-14(21)16(13)17-18-11-4-1-2-5-12(11)19-17/h3,6-7,10-12,20H,1-2,4-5,8-9H2,(H,18,19)/t10?,11-,12-/m1/s1. The van der Waals surface area contributed by atoms with Gasteiger partial charge in [-0.25, -0.2) is 0 Å². The lowest BCUT2D eigenvalue weighted by Crippen LogP contribution is -2.39. The summed E-state index contributed by atoms with van der Waals surface area (Å²) in [4.78, 5) is 18.4. The maximum atomic E-state index is 12.6. The maximum Gasteiger partial charge on any atom is 0.170 e. The van der Waals surface area contributed by atoms with E-state index in [1.165, 1.54) is 17.7 Å². The van der Waals surface area contributed by atoms with E-state index < -0.39 is 0 Å². The third-order valence-electron chi connectivity index (χ3n) is 4.97. The largest absolute Gasteiger partial charge is 0.511 e. The van der Waals surface area contributed by atoms with Gasteiger partial charge in [0.15, 0.2) is 5.78 Å². The first kappa shape index (κ1) is 14.0. The number of ketones is 1. The van der Waals surface area contributed by atoms with Crippen molar-refractivity contribution >= 4 is 23.0 Å². The van der Waals surface area contributed by atoms with Gasteiger partial charge in [-0.1, -0.05) is 18.9 Å². The van der Waals surface area contributed by atoms with Crippen LogP contribution in [0.2, 0.25) is 0 Å². The lowest BCUT2D eigenvalue weighted by molar-refractivity contribution is -0.116. The quantitative estimate of drug-likeness (QED) is 0.880. The number of hydrogen-bond acceptors (Lipinski definition) is 5. The first-order valence-corrected chi connectivity index (χ1v) is 8.94. The first-order valence-electron chi connectivity index (χ1n) is 8.06. The average Bonchev–Trinajstić information content (AvgIpc) is 3.16. The Labute approximate surface area is 134 Å². The number of allylic oxidation sites excluding steroid dienone is 1. The van der Waals surface area contributed by atoms with E-state index in [1.807, 2.05) is 17.5 Å². The van der Waals surface area contributed by atoms with Crippen LogP contribution in [0.1, 0.15) is 49.3 Å². The van der Waals surface area contributed by atoms with E-state index in [0.29, 0.717) is 30.3 Å². The lowest BCUT2D eigenvalue weighted by Gasteiger charge is -2.24. The number of aliphatic hydroxyl groups is 1. The fraction of sp³-hybridized carbons (Fsp3) is 0.529. The summed E-state index contributed by atoms with van der Waals surface area (Å²) in [6.07, 6.45) is 5.63. The molecule has 0 radical (unpaired) electrons. The molecule has 0 amide bonds. The molecule has 2 N–H and O–H groups in total. The predicted molar refractivity (Wildman–Crippen MR) is 87.6 cm³/mol. The van der Waals surface area contributed by atoms with E-state index >= 15 is 0 Å². The highest BCUT2D eigenvalue weighted by Crippen LogP contribution is 2.37. The van der Waals surface area contributed by atoms with Crippen molar-refractivity contribution in [2.75, 3.05) is 0 Å². The van der Waals surface area contributed by atoms with Gasteiger partial charge in [-0.2, -0.15) is 0 Å². The zero-order valence-electron chi connectivity index (χ0n) is 12.4. The van der Waals surface area contributed by atoms with Gasteiger partial charge in [0.25, 0.3) is 0 Å². The monoisotopic (exact) mass is 316 g/mol. The molecule has 1 aliphatic heterocycles. The van der Waals surface area contributed by atoms with Gasteiger partial charge < -0.3 is 10.4 Å². The molecule has 22 heavy (non-hydrogen) atoms. The van der Waals surface area contributed by atoms with E-state index in [1.54, 1.807) is 11.3 Å². The van der Waals surface area contributed by atoms with Crippen LogP contribution in [-0.4, -0.2) is 28.8 Å². The number of carbonyl (C=O) groups is 1. The van der Waals surface area contributed by atoms with Crippen molar-refractivity contribution in [3.05, 3.63) is 33.7 Å². The van der Waals surface area contributed by atoms with Crippen molar-refractivity contribution in [2.45, 2.75) is 56.5 Å². The number of fused-ring (bicyclic) bond motifs is 1. The summed E-state index contributed by atoms with van der Waals surface area (Å²) in [6.45, 7) is 0. The zero-order chi connectivity index (χ0) is 15.1. The molecule has 4 rings (SSSR count). The van der Waals surface area contributed by atoms with Crippen LogP contribution in [0, 0.1) is 0 Å². The van der Waals surface area contributed by atoms with Gasteiger partial charge in [-0.05, 0) is 24.3 Å². The minimum atomic E-state index is 0.0204. The third kappa shape index (κ3) is 2.37. The van der Waals surface area contributed by atoms with Gasteiger partial charge in [0.1, 0.15) is 11.6 Å². The second-order valence-corrected chi connectivity index (χ2v) is 7.43. The number of aliphatic hydroxyl groups excluding tert-OH is 1. The molecule has 3 aliphatic rings. The normalized spacial score (nSPS) is 31.7. The number of rotatable bonds is 2. The summed E-state index contributed by atoms with van der Waals surface area (Å²) in [5, 5.41) is 15.8. The molecule has 2 aliphatic carbocycles. The Balaban J connectivity index is 1.59. The minimum absolute atomic E-state index is 0.0204. The Kier molecular flexibility index (Phi) is 3.53. The van der Waals surface area contributed by atoms with Crippen LogP contribution >= 0.6 is 11.3 Å². The number of carbonyl (C=O) groups excluding carboxylic acids is 1. The Morgan fingerprint density at radius 2 is 2.14 bits per heavy atom. The molecular weight excluding hydrogens is 296 g/mol. The molecule has 1 fully saturated rings. The second-order valence-electron chi connectivity index (χ2n) is 6.45. The smallest absolute Gasteiger partial charge is 0.170 e. The van der Waals surface area contributed by atoms with E-state index in [9.17, 15) is 9.90 Å². The summed E-state index contributed by atoms with van der Waals surface area (Å²) in [6, 6.07) is 4.67. The molecule has 2 heterocycles. The van der Waals surface area contributed by atoms with Crippen molar-refractivity contribution in [1.82, 2.24) is 5.32 Å². The molecule has 116 valence electrons. The Bertz CT molecular complexity index is 648.